The van der Waals surface area contributed by atoms with Crippen molar-refractivity contribution in [2.45, 2.75) is 43.9 Å². The van der Waals surface area contributed by atoms with Crippen LogP contribution < -0.4 is 14.8 Å². The molecule has 1 amide bonds. The van der Waals surface area contributed by atoms with Crippen LogP contribution in [-0.4, -0.2) is 40.7 Å². The summed E-state index contributed by atoms with van der Waals surface area (Å²) in [4.78, 5) is 24.3. The minimum atomic E-state index is -0.0120. The van der Waals surface area contributed by atoms with Gasteiger partial charge in [0.1, 0.15) is 28.9 Å². The third-order valence-corrected chi connectivity index (χ3v) is 6.68. The number of benzene rings is 1. The summed E-state index contributed by atoms with van der Waals surface area (Å²) in [5.41, 5.74) is 3.16. The number of amides is 1. The van der Waals surface area contributed by atoms with E-state index in [0.29, 0.717) is 31.2 Å². The normalized spacial score (nSPS) is 20.4. The zero-order chi connectivity index (χ0) is 22.2. The van der Waals surface area contributed by atoms with Crippen LogP contribution in [0, 0.1) is 0 Å². The highest BCUT2D eigenvalue weighted by Gasteiger charge is 2.27. The molecule has 33 heavy (non-hydrogen) atoms. The predicted molar refractivity (Wildman–Crippen MR) is 121 cm³/mol. The predicted octanol–water partition coefficient (Wildman–Crippen LogP) is 4.09. The second kappa shape index (κ2) is 8.51. The maximum Gasteiger partial charge on any atom is 0.225 e. The Bertz CT molecular complexity index is 1180. The van der Waals surface area contributed by atoms with Gasteiger partial charge in [0.25, 0.3) is 0 Å². The van der Waals surface area contributed by atoms with Gasteiger partial charge in [-0.1, -0.05) is 0 Å². The molecule has 0 bridgehead atoms. The number of imidazole rings is 1. The molecule has 3 aromatic rings. The van der Waals surface area contributed by atoms with E-state index in [1.807, 2.05) is 30.5 Å². The highest BCUT2D eigenvalue weighted by molar-refractivity contribution is 5.93. The lowest BCUT2D eigenvalue weighted by Gasteiger charge is -2.25. The third-order valence-electron chi connectivity index (χ3n) is 6.68. The molecule has 1 aromatic carbocycles. The molecule has 0 aliphatic carbocycles. The van der Waals surface area contributed by atoms with Gasteiger partial charge in [0, 0.05) is 43.5 Å². The Morgan fingerprint density at radius 2 is 2.00 bits per heavy atom. The van der Waals surface area contributed by atoms with Gasteiger partial charge in [-0.05, 0) is 55.5 Å². The first-order chi connectivity index (χ1) is 16.2. The van der Waals surface area contributed by atoms with E-state index in [1.54, 1.807) is 6.20 Å². The number of ether oxygens (including phenoxy) is 3. The summed E-state index contributed by atoms with van der Waals surface area (Å²) < 4.78 is 17.8. The number of hydrogen-bond donors (Lipinski definition) is 2. The van der Waals surface area contributed by atoms with Gasteiger partial charge in [0.05, 0.1) is 18.2 Å². The molecule has 5 heterocycles. The molecule has 0 radical (unpaired) electrons. The molecule has 0 spiro atoms. The van der Waals surface area contributed by atoms with E-state index in [9.17, 15) is 4.79 Å². The maximum atomic E-state index is 11.7. The number of nitrogens with one attached hydrogen (secondary N) is 2. The summed E-state index contributed by atoms with van der Waals surface area (Å²) in [6.45, 7) is 2.22. The van der Waals surface area contributed by atoms with E-state index in [4.69, 9.17) is 19.2 Å². The number of aromatic amines is 1. The zero-order valence-electron chi connectivity index (χ0n) is 18.3. The van der Waals surface area contributed by atoms with Gasteiger partial charge in [0.2, 0.25) is 5.91 Å². The number of anilines is 1. The summed E-state index contributed by atoms with van der Waals surface area (Å²) in [5.74, 6) is 4.55. The molecule has 1 atom stereocenters. The second-order valence-electron chi connectivity index (χ2n) is 8.87. The Morgan fingerprint density at radius 1 is 1.09 bits per heavy atom. The highest BCUT2D eigenvalue weighted by Crippen LogP contribution is 2.38. The van der Waals surface area contributed by atoms with Crippen molar-refractivity contribution >= 4 is 11.7 Å². The number of carbonyl (C=O) groups is 1. The molecular formula is C25H26N4O4. The molecule has 3 aliphatic rings. The maximum absolute atomic E-state index is 11.7. The van der Waals surface area contributed by atoms with E-state index in [2.05, 4.69) is 15.3 Å². The Morgan fingerprint density at radius 3 is 2.91 bits per heavy atom. The van der Waals surface area contributed by atoms with Gasteiger partial charge in [-0.25, -0.2) is 9.97 Å². The quantitative estimate of drug-likeness (QED) is 0.626. The fraction of sp³-hybridized carbons (Fsp3) is 0.400. The minimum absolute atomic E-state index is 0.0120. The standard InChI is InChI=1S/C25H26N4O4/c30-23-4-2-19-22(5-8-26-25(19)29-23)33-18-1-3-21-16(12-18)11-17(14-32-21)24-27-13-20(28-24)15-6-9-31-10-7-15/h1,3,5,8,12-13,15,17H,2,4,6-7,9-11,14H2,(H,27,28)(H,26,29,30)/t17-/m0/s1. The lowest BCUT2D eigenvalue weighted by Crippen LogP contribution is -2.21. The van der Waals surface area contributed by atoms with Crippen LogP contribution in [0.15, 0.2) is 36.7 Å². The van der Waals surface area contributed by atoms with E-state index in [0.717, 1.165) is 72.4 Å². The first-order valence-electron chi connectivity index (χ1n) is 11.6. The molecule has 0 saturated carbocycles. The van der Waals surface area contributed by atoms with Crippen molar-refractivity contribution in [3.05, 3.63) is 59.3 Å². The SMILES string of the molecule is O=C1CCc2c(Oc3ccc4c(c3)C[C@H](c3nc(C5CCOCC5)c[nH]3)CO4)ccnc2N1. The fourth-order valence-electron chi connectivity index (χ4n) is 4.85. The first kappa shape index (κ1) is 20.2. The van der Waals surface area contributed by atoms with Crippen LogP contribution in [-0.2, 0) is 22.4 Å². The number of rotatable bonds is 4. The fourth-order valence-corrected chi connectivity index (χ4v) is 4.85. The Hall–Kier alpha value is -3.39. The average Bonchev–Trinajstić information content (AvgIpc) is 3.35. The van der Waals surface area contributed by atoms with Crippen molar-refractivity contribution in [3.63, 3.8) is 0 Å². The van der Waals surface area contributed by atoms with Gasteiger partial charge < -0.3 is 24.5 Å². The number of carbonyl (C=O) groups excluding carboxylic acids is 1. The molecule has 1 saturated heterocycles. The van der Waals surface area contributed by atoms with Gasteiger partial charge in [-0.3, -0.25) is 4.79 Å². The number of nitrogens with zero attached hydrogens (tertiary/aromatic N) is 2. The molecule has 8 heteroatoms. The minimum Gasteiger partial charge on any atom is -0.493 e. The van der Waals surface area contributed by atoms with Gasteiger partial charge >= 0.3 is 0 Å². The lowest BCUT2D eigenvalue weighted by molar-refractivity contribution is -0.116. The average molecular weight is 447 g/mol. The van der Waals surface area contributed by atoms with Gasteiger partial charge in [0.15, 0.2) is 0 Å². The third kappa shape index (κ3) is 4.06. The van der Waals surface area contributed by atoms with Gasteiger partial charge in [-0.2, -0.15) is 0 Å². The van der Waals surface area contributed by atoms with Crippen LogP contribution in [0.5, 0.6) is 17.2 Å². The van der Waals surface area contributed by atoms with Crippen LogP contribution >= 0.6 is 0 Å². The summed E-state index contributed by atoms with van der Waals surface area (Å²) in [7, 11) is 0. The Labute approximate surface area is 191 Å². The Balaban J connectivity index is 1.20. The molecule has 170 valence electrons. The van der Waals surface area contributed by atoms with E-state index in [1.165, 1.54) is 0 Å². The van der Waals surface area contributed by atoms with Crippen LogP contribution in [0.25, 0.3) is 0 Å². The summed E-state index contributed by atoms with van der Waals surface area (Å²) in [5, 5.41) is 2.82. The van der Waals surface area contributed by atoms with Crippen molar-refractivity contribution in [2.75, 3.05) is 25.1 Å². The molecule has 2 aromatic heterocycles. The van der Waals surface area contributed by atoms with Crippen molar-refractivity contribution in [3.8, 4) is 17.2 Å². The van der Waals surface area contributed by atoms with Crippen LogP contribution in [0.1, 0.15) is 53.7 Å². The van der Waals surface area contributed by atoms with Crippen molar-refractivity contribution in [2.24, 2.45) is 0 Å². The molecular weight excluding hydrogens is 420 g/mol. The van der Waals surface area contributed by atoms with Crippen LogP contribution in [0.2, 0.25) is 0 Å². The van der Waals surface area contributed by atoms with Gasteiger partial charge in [-0.15, -0.1) is 0 Å². The van der Waals surface area contributed by atoms with Crippen molar-refractivity contribution < 1.29 is 19.0 Å². The second-order valence-corrected chi connectivity index (χ2v) is 8.87. The summed E-state index contributed by atoms with van der Waals surface area (Å²) in [6.07, 6.45) is 7.64. The van der Waals surface area contributed by atoms with E-state index < -0.39 is 0 Å². The van der Waals surface area contributed by atoms with Crippen LogP contribution in [0.3, 0.4) is 0 Å². The molecule has 0 unspecified atom stereocenters. The molecule has 3 aliphatic heterocycles. The van der Waals surface area contributed by atoms with Crippen molar-refractivity contribution in [1.82, 2.24) is 15.0 Å². The number of hydrogen-bond acceptors (Lipinski definition) is 6. The van der Waals surface area contributed by atoms with Crippen LogP contribution in [0.4, 0.5) is 5.82 Å². The first-order valence-corrected chi connectivity index (χ1v) is 11.6. The molecule has 6 rings (SSSR count). The molecule has 1 fully saturated rings. The van der Waals surface area contributed by atoms with E-state index in [-0.39, 0.29) is 11.8 Å². The van der Waals surface area contributed by atoms with Crippen molar-refractivity contribution in [1.29, 1.82) is 0 Å². The monoisotopic (exact) mass is 446 g/mol. The molecule has 8 nitrogen and oxygen atoms in total. The topological polar surface area (TPSA) is 98.4 Å². The molecule has 2 N–H and O–H groups in total. The number of H-pyrrole nitrogens is 1. The summed E-state index contributed by atoms with van der Waals surface area (Å²) >= 11 is 0. The smallest absolute Gasteiger partial charge is 0.225 e. The highest BCUT2D eigenvalue weighted by atomic mass is 16.5. The summed E-state index contributed by atoms with van der Waals surface area (Å²) in [6, 6.07) is 7.77. The number of aromatic nitrogens is 3. The number of pyridine rings is 1. The lowest BCUT2D eigenvalue weighted by atomic mass is 9.95. The van der Waals surface area contributed by atoms with E-state index >= 15 is 0 Å². The Kier molecular flexibility index (Phi) is 5.22. The zero-order valence-corrected chi connectivity index (χ0v) is 18.3. The largest absolute Gasteiger partial charge is 0.493 e. The number of fused-ring (bicyclic) bond motifs is 2.